The fourth-order valence-corrected chi connectivity index (χ4v) is 2.92. The van der Waals surface area contributed by atoms with Gasteiger partial charge in [0.1, 0.15) is 6.26 Å². The van der Waals surface area contributed by atoms with Crippen molar-refractivity contribution in [3.05, 3.63) is 47.6 Å². The number of hydrogen-bond donors (Lipinski definition) is 2. The summed E-state index contributed by atoms with van der Waals surface area (Å²) in [7, 11) is 0. The Morgan fingerprint density at radius 3 is 2.73 bits per heavy atom. The Morgan fingerprint density at radius 1 is 1.38 bits per heavy atom. The summed E-state index contributed by atoms with van der Waals surface area (Å²) in [5.41, 5.74) is 2.53. The molecule has 0 spiro atoms. The number of nitrogens with one attached hydrogen (secondary N) is 1. The van der Waals surface area contributed by atoms with Gasteiger partial charge in [-0.15, -0.1) is 0 Å². The maximum Gasteiger partial charge on any atom is 0.290 e. The van der Waals surface area contributed by atoms with E-state index in [0.29, 0.717) is 18.2 Å². The minimum Gasteiger partial charge on any atom is -0.483 e. The number of carbonyl (C=O) groups is 2. The topological polar surface area (TPSA) is 109 Å². The lowest BCUT2D eigenvalue weighted by molar-refractivity contribution is -0.122. The third-order valence-corrected chi connectivity index (χ3v) is 4.26. The highest BCUT2D eigenvalue weighted by Gasteiger charge is 2.20. The van der Waals surface area contributed by atoms with E-state index < -0.39 is 0 Å². The zero-order chi connectivity index (χ0) is 18.8. The molecule has 1 aliphatic rings. The second-order valence-corrected chi connectivity index (χ2v) is 6.19. The maximum absolute atomic E-state index is 11.8. The average Bonchev–Trinajstić information content (AvgIpc) is 3.16. The van der Waals surface area contributed by atoms with Gasteiger partial charge in [0.15, 0.2) is 5.69 Å². The quantitative estimate of drug-likeness (QED) is 0.782. The van der Waals surface area contributed by atoms with E-state index >= 15 is 0 Å². The van der Waals surface area contributed by atoms with E-state index in [4.69, 9.17) is 9.90 Å². The van der Waals surface area contributed by atoms with Crippen molar-refractivity contribution in [3.63, 3.8) is 0 Å². The lowest BCUT2D eigenvalue weighted by Crippen LogP contribution is -2.38. The Kier molecular flexibility index (Phi) is 7.75. The Bertz CT molecular complexity index is 682. The fraction of sp³-hybridized carbons (Fsp3) is 0.444. The summed E-state index contributed by atoms with van der Waals surface area (Å²) >= 11 is 0. The Labute approximate surface area is 152 Å². The van der Waals surface area contributed by atoms with Crippen molar-refractivity contribution >= 4 is 12.4 Å². The minimum absolute atomic E-state index is 0.162. The predicted molar refractivity (Wildman–Crippen MR) is 94.5 cm³/mol. The second-order valence-electron chi connectivity index (χ2n) is 6.19. The van der Waals surface area contributed by atoms with Crippen LogP contribution in [0, 0.1) is 12.8 Å². The number of piperidine rings is 1. The third kappa shape index (κ3) is 6.29. The van der Waals surface area contributed by atoms with Crippen LogP contribution >= 0.6 is 0 Å². The van der Waals surface area contributed by atoms with E-state index in [1.54, 1.807) is 6.07 Å². The van der Waals surface area contributed by atoms with Crippen LogP contribution < -0.4 is 5.32 Å². The Morgan fingerprint density at radius 2 is 2.12 bits per heavy atom. The number of likely N-dealkylation sites (tertiary alicyclic amines) is 1. The Hall–Kier alpha value is -2.74. The molecule has 0 aromatic carbocycles. The molecule has 2 N–H and O–H groups in total. The van der Waals surface area contributed by atoms with Gasteiger partial charge in [-0.25, -0.2) is 0 Å². The van der Waals surface area contributed by atoms with Gasteiger partial charge in [-0.1, -0.05) is 11.2 Å². The van der Waals surface area contributed by atoms with Crippen LogP contribution in [0.1, 0.15) is 34.7 Å². The summed E-state index contributed by atoms with van der Waals surface area (Å²) in [6.07, 6.45) is 3.59. The van der Waals surface area contributed by atoms with Gasteiger partial charge in [-0.2, -0.15) is 0 Å². The smallest absolute Gasteiger partial charge is 0.290 e. The molecule has 1 amide bonds. The molecule has 1 aliphatic heterocycles. The van der Waals surface area contributed by atoms with E-state index in [-0.39, 0.29) is 12.4 Å². The second kappa shape index (κ2) is 10.3. The monoisotopic (exact) mass is 360 g/mol. The molecule has 0 aliphatic carbocycles. The van der Waals surface area contributed by atoms with Gasteiger partial charge in [0.25, 0.3) is 12.4 Å². The highest BCUT2D eigenvalue weighted by Crippen LogP contribution is 2.18. The van der Waals surface area contributed by atoms with Gasteiger partial charge in [0.05, 0.1) is 5.69 Å². The van der Waals surface area contributed by atoms with Crippen molar-refractivity contribution in [2.24, 2.45) is 5.92 Å². The first kappa shape index (κ1) is 19.6. The number of carbonyl (C=O) groups excluding carboxylic acids is 1. The SMILES string of the molecule is Cc1cccc(CN2CCC(CNC(=O)c3ccon3)CC2)n1.O=CO. The molecule has 0 atom stereocenters. The standard InChI is InChI=1S/C17H22N4O2.CH2O2/c1-13-3-2-4-15(19-13)12-21-8-5-14(6-9-21)11-18-17(22)16-7-10-23-20-16;2-1-3/h2-4,7,10,14H,5-6,8-9,11-12H2,1H3,(H,18,22);1H,(H,2,3). The molecule has 8 heteroatoms. The van der Waals surface area contributed by atoms with Gasteiger partial charge >= 0.3 is 0 Å². The molecule has 0 unspecified atom stereocenters. The number of amides is 1. The van der Waals surface area contributed by atoms with Crippen molar-refractivity contribution in [2.75, 3.05) is 19.6 Å². The van der Waals surface area contributed by atoms with Crippen LogP contribution in [-0.2, 0) is 11.3 Å². The first-order valence-corrected chi connectivity index (χ1v) is 8.53. The van der Waals surface area contributed by atoms with E-state index in [1.165, 1.54) is 6.26 Å². The maximum atomic E-state index is 11.8. The average molecular weight is 360 g/mol. The van der Waals surface area contributed by atoms with Gasteiger partial charge < -0.3 is 14.9 Å². The van der Waals surface area contributed by atoms with E-state index in [2.05, 4.69) is 37.0 Å². The zero-order valence-electron chi connectivity index (χ0n) is 14.8. The van der Waals surface area contributed by atoms with Gasteiger partial charge in [0, 0.05) is 24.8 Å². The normalized spacial score (nSPS) is 15.0. The molecule has 1 saturated heterocycles. The molecule has 2 aromatic rings. The number of aryl methyl sites for hydroxylation is 1. The van der Waals surface area contributed by atoms with Crippen molar-refractivity contribution in [1.29, 1.82) is 0 Å². The first-order chi connectivity index (χ1) is 12.6. The first-order valence-electron chi connectivity index (χ1n) is 8.53. The summed E-state index contributed by atoms with van der Waals surface area (Å²) in [5.74, 6) is 0.359. The molecule has 26 heavy (non-hydrogen) atoms. The highest BCUT2D eigenvalue weighted by molar-refractivity contribution is 5.91. The van der Waals surface area contributed by atoms with Crippen molar-refractivity contribution in [2.45, 2.75) is 26.3 Å². The molecule has 1 fully saturated rings. The minimum atomic E-state index is -0.250. The lowest BCUT2D eigenvalue weighted by Gasteiger charge is -2.31. The van der Waals surface area contributed by atoms with Gasteiger partial charge in [0.2, 0.25) is 0 Å². The molecule has 8 nitrogen and oxygen atoms in total. The molecule has 3 rings (SSSR count). The van der Waals surface area contributed by atoms with Crippen LogP contribution in [0.25, 0.3) is 0 Å². The molecular formula is C18H24N4O4. The molecule has 0 saturated carbocycles. The Balaban J connectivity index is 0.000000758. The molecular weight excluding hydrogens is 336 g/mol. The van der Waals surface area contributed by atoms with Crippen LogP contribution in [0.15, 0.2) is 35.1 Å². The fourth-order valence-electron chi connectivity index (χ4n) is 2.92. The van der Waals surface area contributed by atoms with Crippen LogP contribution in [0.5, 0.6) is 0 Å². The van der Waals surface area contributed by atoms with Crippen molar-refractivity contribution < 1.29 is 19.2 Å². The molecule has 140 valence electrons. The number of aromatic nitrogens is 2. The van der Waals surface area contributed by atoms with Crippen molar-refractivity contribution in [1.82, 2.24) is 20.4 Å². The number of rotatable bonds is 5. The molecule has 3 heterocycles. The van der Waals surface area contributed by atoms with E-state index in [9.17, 15) is 4.79 Å². The summed E-state index contributed by atoms with van der Waals surface area (Å²) in [5, 5.41) is 13.5. The summed E-state index contributed by atoms with van der Waals surface area (Å²) < 4.78 is 4.68. The van der Waals surface area contributed by atoms with Crippen LogP contribution in [0.2, 0.25) is 0 Å². The van der Waals surface area contributed by atoms with E-state index in [1.807, 2.05) is 13.0 Å². The summed E-state index contributed by atoms with van der Waals surface area (Å²) in [4.78, 5) is 27.2. The predicted octanol–water partition coefficient (Wildman–Crippen LogP) is 1.72. The van der Waals surface area contributed by atoms with E-state index in [0.717, 1.165) is 43.9 Å². The molecule has 2 aromatic heterocycles. The summed E-state index contributed by atoms with van der Waals surface area (Å²) in [6, 6.07) is 7.74. The van der Waals surface area contributed by atoms with Crippen molar-refractivity contribution in [3.8, 4) is 0 Å². The summed E-state index contributed by atoms with van der Waals surface area (Å²) in [6.45, 7) is 5.45. The van der Waals surface area contributed by atoms with Crippen LogP contribution in [-0.4, -0.2) is 52.2 Å². The van der Waals surface area contributed by atoms with Gasteiger partial charge in [-0.3, -0.25) is 19.5 Å². The van der Waals surface area contributed by atoms with Crippen LogP contribution in [0.3, 0.4) is 0 Å². The largest absolute Gasteiger partial charge is 0.483 e. The number of hydrogen-bond acceptors (Lipinski definition) is 6. The zero-order valence-corrected chi connectivity index (χ0v) is 14.8. The molecule has 0 bridgehead atoms. The lowest BCUT2D eigenvalue weighted by atomic mass is 9.96. The van der Waals surface area contributed by atoms with Gasteiger partial charge in [-0.05, 0) is 50.9 Å². The third-order valence-electron chi connectivity index (χ3n) is 4.26. The number of carboxylic acid groups (broad SMARTS) is 1. The highest BCUT2D eigenvalue weighted by atomic mass is 16.5. The number of pyridine rings is 1. The molecule has 0 radical (unpaired) electrons. The van der Waals surface area contributed by atoms with Crippen LogP contribution in [0.4, 0.5) is 0 Å². The number of nitrogens with zero attached hydrogens (tertiary/aromatic N) is 3.